The Bertz CT molecular complexity index is 1080. The zero-order chi connectivity index (χ0) is 21.8. The lowest BCUT2D eigenvalue weighted by Gasteiger charge is -2.29. The van der Waals surface area contributed by atoms with E-state index in [4.69, 9.17) is 5.73 Å². The summed E-state index contributed by atoms with van der Waals surface area (Å²) in [6, 6.07) is 12.9. The normalized spacial score (nSPS) is 18.4. The highest BCUT2D eigenvalue weighted by molar-refractivity contribution is 7.17. The lowest BCUT2D eigenvalue weighted by atomic mass is 9.91. The second-order valence-corrected chi connectivity index (χ2v) is 8.82. The van der Waals surface area contributed by atoms with Crippen LogP contribution in [0.2, 0.25) is 0 Å². The van der Waals surface area contributed by atoms with Gasteiger partial charge in [-0.05, 0) is 56.2 Å². The summed E-state index contributed by atoms with van der Waals surface area (Å²) in [7, 11) is 0. The van der Waals surface area contributed by atoms with E-state index >= 15 is 0 Å². The van der Waals surface area contributed by atoms with Crippen molar-refractivity contribution in [1.82, 2.24) is 15.3 Å². The van der Waals surface area contributed by atoms with Crippen molar-refractivity contribution in [1.29, 1.82) is 0 Å². The van der Waals surface area contributed by atoms with E-state index in [0.717, 1.165) is 41.9 Å². The quantitative estimate of drug-likeness (QED) is 0.502. The number of ketones is 1. The fraction of sp³-hybridized carbons (Fsp3) is 0.304. The Labute approximate surface area is 185 Å². The maximum Gasteiger partial charge on any atom is 0.251 e. The van der Waals surface area contributed by atoms with Gasteiger partial charge in [-0.3, -0.25) is 9.59 Å². The Kier molecular flexibility index (Phi) is 6.39. The number of nitrogens with zero attached hydrogens (tertiary/aromatic N) is 2. The maximum atomic E-state index is 12.5. The number of carbonyl (C=O) groups is 2. The highest BCUT2D eigenvalue weighted by Crippen LogP contribution is 2.28. The molecule has 2 heterocycles. The zero-order valence-electron chi connectivity index (χ0n) is 17.3. The van der Waals surface area contributed by atoms with Crippen LogP contribution in [-0.2, 0) is 0 Å². The van der Waals surface area contributed by atoms with Crippen molar-refractivity contribution < 1.29 is 9.59 Å². The van der Waals surface area contributed by atoms with E-state index < -0.39 is 0 Å². The number of anilines is 2. The largest absolute Gasteiger partial charge is 0.348 e. The summed E-state index contributed by atoms with van der Waals surface area (Å²) in [6.45, 7) is 1.55. The number of nitrogens with two attached hydrogens (primary N) is 1. The Balaban J connectivity index is 1.42. The summed E-state index contributed by atoms with van der Waals surface area (Å²) in [5.41, 5.74) is 8.29. The number of nitrogens with one attached hydrogen (secondary N) is 2. The van der Waals surface area contributed by atoms with Crippen LogP contribution < -0.4 is 16.4 Å². The van der Waals surface area contributed by atoms with Crippen LogP contribution in [0.25, 0.3) is 10.6 Å². The van der Waals surface area contributed by atoms with Gasteiger partial charge in [-0.1, -0.05) is 12.8 Å². The molecule has 0 bridgehead atoms. The van der Waals surface area contributed by atoms with Crippen molar-refractivity contribution >= 4 is 34.5 Å². The molecule has 1 amide bonds. The number of rotatable bonds is 6. The summed E-state index contributed by atoms with van der Waals surface area (Å²) in [5, 5.41) is 6.29. The molecule has 0 aliphatic heterocycles. The lowest BCUT2D eigenvalue weighted by molar-refractivity contribution is 0.0920. The first-order valence-corrected chi connectivity index (χ1v) is 11.2. The van der Waals surface area contributed by atoms with Crippen LogP contribution >= 0.6 is 11.3 Å². The summed E-state index contributed by atoms with van der Waals surface area (Å²) in [6.07, 6.45) is 5.60. The predicted octanol–water partition coefficient (Wildman–Crippen LogP) is 4.15. The second kappa shape index (κ2) is 9.36. The minimum Gasteiger partial charge on any atom is -0.348 e. The fourth-order valence-electron chi connectivity index (χ4n) is 3.67. The van der Waals surface area contributed by atoms with Crippen molar-refractivity contribution in [3.63, 3.8) is 0 Å². The molecule has 0 spiro atoms. The molecule has 7 nitrogen and oxygen atoms in total. The molecule has 1 saturated carbocycles. The van der Waals surface area contributed by atoms with Gasteiger partial charge in [-0.25, -0.2) is 9.97 Å². The molecule has 3 aromatic rings. The molecule has 0 radical (unpaired) electrons. The second-order valence-electron chi connectivity index (χ2n) is 7.74. The van der Waals surface area contributed by atoms with E-state index in [0.29, 0.717) is 16.3 Å². The van der Waals surface area contributed by atoms with E-state index in [-0.39, 0.29) is 23.8 Å². The highest BCUT2D eigenvalue weighted by Gasteiger charge is 2.23. The average Bonchev–Trinajstić information content (AvgIpc) is 3.27. The third-order valence-electron chi connectivity index (χ3n) is 5.43. The first-order chi connectivity index (χ1) is 15.0. The average molecular weight is 436 g/mol. The summed E-state index contributed by atoms with van der Waals surface area (Å²) in [4.78, 5) is 34.3. The van der Waals surface area contributed by atoms with Gasteiger partial charge in [-0.2, -0.15) is 0 Å². The van der Waals surface area contributed by atoms with Gasteiger partial charge >= 0.3 is 0 Å². The third-order valence-corrected chi connectivity index (χ3v) is 6.64. The Morgan fingerprint density at radius 3 is 2.55 bits per heavy atom. The van der Waals surface area contributed by atoms with Crippen LogP contribution in [-0.4, -0.2) is 33.7 Å². The molecular weight excluding hydrogens is 410 g/mol. The number of Topliss-reactive ketones (excluding diaryl/α,β-unsaturated/α-hetero) is 1. The topological polar surface area (TPSA) is 110 Å². The van der Waals surface area contributed by atoms with Crippen molar-refractivity contribution in [3.05, 3.63) is 59.2 Å². The number of hydrogen-bond acceptors (Lipinski definition) is 7. The van der Waals surface area contributed by atoms with Crippen LogP contribution in [0.1, 0.15) is 52.6 Å². The molecule has 160 valence electrons. The number of carbonyl (C=O) groups excluding carboxylic acids is 2. The third kappa shape index (κ3) is 5.15. The van der Waals surface area contributed by atoms with E-state index in [1.54, 1.807) is 19.1 Å². The minimum absolute atomic E-state index is 0.0282. The molecule has 8 heteroatoms. The molecular formula is C23H25N5O2S. The number of benzene rings is 1. The molecule has 1 aliphatic carbocycles. The monoisotopic (exact) mass is 435 g/mol. The molecule has 4 rings (SSSR count). The Morgan fingerprint density at radius 1 is 1.06 bits per heavy atom. The maximum absolute atomic E-state index is 12.5. The molecule has 1 aromatic carbocycles. The molecule has 31 heavy (non-hydrogen) atoms. The Morgan fingerprint density at radius 2 is 1.84 bits per heavy atom. The standard InChI is InChI=1S/C23H25N5O2S/c1-14(29)20-10-11-21(31-20)19-12-22(26-13-25-19)27-16-8-6-15(7-9-16)23(30)28-18-5-3-2-4-17(18)24/h6-13,17-18H,2-5,24H2,1H3,(H,28,30)(H,25,26,27). The van der Waals surface area contributed by atoms with Gasteiger partial charge in [0, 0.05) is 29.4 Å². The first kappa shape index (κ1) is 21.1. The SMILES string of the molecule is CC(=O)c1ccc(-c2cc(Nc3ccc(C(=O)NC4CCCCC4N)cc3)ncn2)s1. The van der Waals surface area contributed by atoms with E-state index in [9.17, 15) is 9.59 Å². The van der Waals surface area contributed by atoms with Crippen molar-refractivity contribution in [3.8, 4) is 10.6 Å². The van der Waals surface area contributed by atoms with Crippen molar-refractivity contribution in [2.75, 3.05) is 5.32 Å². The zero-order valence-corrected chi connectivity index (χ0v) is 18.1. The number of hydrogen-bond donors (Lipinski definition) is 3. The molecule has 2 aromatic heterocycles. The molecule has 1 fully saturated rings. The minimum atomic E-state index is -0.0998. The van der Waals surface area contributed by atoms with Crippen LogP contribution in [0, 0.1) is 0 Å². The van der Waals surface area contributed by atoms with Crippen LogP contribution in [0.4, 0.5) is 11.5 Å². The summed E-state index contributed by atoms with van der Waals surface area (Å²) < 4.78 is 0. The number of amides is 1. The molecule has 4 N–H and O–H groups in total. The molecule has 2 unspecified atom stereocenters. The van der Waals surface area contributed by atoms with Gasteiger partial charge in [0.15, 0.2) is 5.78 Å². The van der Waals surface area contributed by atoms with Gasteiger partial charge in [-0.15, -0.1) is 11.3 Å². The van der Waals surface area contributed by atoms with Crippen LogP contribution in [0.3, 0.4) is 0 Å². The predicted molar refractivity (Wildman–Crippen MR) is 123 cm³/mol. The Hall–Kier alpha value is -3.10. The number of aromatic nitrogens is 2. The van der Waals surface area contributed by atoms with E-state index in [2.05, 4.69) is 20.6 Å². The van der Waals surface area contributed by atoms with Crippen molar-refractivity contribution in [2.24, 2.45) is 5.73 Å². The van der Waals surface area contributed by atoms with Crippen molar-refractivity contribution in [2.45, 2.75) is 44.7 Å². The first-order valence-electron chi connectivity index (χ1n) is 10.4. The highest BCUT2D eigenvalue weighted by atomic mass is 32.1. The number of thiophene rings is 1. The molecule has 0 saturated heterocycles. The van der Waals surface area contributed by atoms with Gasteiger partial charge in [0.25, 0.3) is 5.91 Å². The van der Waals surface area contributed by atoms with Gasteiger partial charge in [0.05, 0.1) is 15.4 Å². The summed E-state index contributed by atoms with van der Waals surface area (Å²) in [5.74, 6) is 0.573. The van der Waals surface area contributed by atoms with E-state index in [1.807, 2.05) is 30.3 Å². The van der Waals surface area contributed by atoms with Gasteiger partial charge in [0.2, 0.25) is 0 Å². The van der Waals surface area contributed by atoms with Crippen LogP contribution in [0.15, 0.2) is 48.8 Å². The smallest absolute Gasteiger partial charge is 0.251 e. The van der Waals surface area contributed by atoms with Crippen LogP contribution in [0.5, 0.6) is 0 Å². The lowest BCUT2D eigenvalue weighted by Crippen LogP contribution is -2.49. The van der Waals surface area contributed by atoms with E-state index in [1.165, 1.54) is 17.7 Å². The summed E-state index contributed by atoms with van der Waals surface area (Å²) >= 11 is 1.41. The van der Waals surface area contributed by atoms with Gasteiger partial charge < -0.3 is 16.4 Å². The van der Waals surface area contributed by atoms with Gasteiger partial charge in [0.1, 0.15) is 12.1 Å². The molecule has 1 aliphatic rings. The molecule has 2 atom stereocenters. The fourth-order valence-corrected chi connectivity index (χ4v) is 4.54.